The fourth-order valence-electron chi connectivity index (χ4n) is 2.87. The molecule has 0 aromatic rings. The Bertz CT molecular complexity index is 307. The number of nitrogens with zero attached hydrogens (tertiary/aromatic N) is 2. The molecule has 0 aliphatic carbocycles. The lowest BCUT2D eigenvalue weighted by molar-refractivity contribution is -0.124. The van der Waals surface area contributed by atoms with Crippen molar-refractivity contribution in [3.05, 3.63) is 0 Å². The van der Waals surface area contributed by atoms with E-state index in [0.717, 1.165) is 32.5 Å². The number of nitrogens with two attached hydrogens (primary N) is 1. The summed E-state index contributed by atoms with van der Waals surface area (Å²) in [6.07, 6.45) is 1.87. The Morgan fingerprint density at radius 1 is 1.24 bits per heavy atom. The normalized spacial score (nSPS) is 16.5. The third kappa shape index (κ3) is 7.79. The molecule has 0 saturated carbocycles. The fourth-order valence-corrected chi connectivity index (χ4v) is 2.87. The third-order valence-electron chi connectivity index (χ3n) is 3.93. The SMILES string of the molecule is CCN(CCCN(C)C)C(C)CC(C)(NC(C)C)C(N)=O. The molecule has 3 N–H and O–H groups in total. The van der Waals surface area contributed by atoms with E-state index in [9.17, 15) is 4.79 Å². The number of carbonyl (C=O) groups excluding carboxylic acids is 1. The molecule has 0 rings (SSSR count). The van der Waals surface area contributed by atoms with Gasteiger partial charge < -0.3 is 20.9 Å². The van der Waals surface area contributed by atoms with Crippen molar-refractivity contribution >= 4 is 5.91 Å². The van der Waals surface area contributed by atoms with Gasteiger partial charge in [-0.1, -0.05) is 6.92 Å². The molecular weight excluding hydrogens is 264 g/mol. The van der Waals surface area contributed by atoms with Gasteiger partial charge in [0.25, 0.3) is 0 Å². The number of rotatable bonds is 11. The number of hydrogen-bond donors (Lipinski definition) is 2. The third-order valence-corrected chi connectivity index (χ3v) is 3.93. The van der Waals surface area contributed by atoms with Gasteiger partial charge in [0.15, 0.2) is 0 Å². The molecule has 2 atom stereocenters. The van der Waals surface area contributed by atoms with Gasteiger partial charge in [-0.15, -0.1) is 0 Å². The minimum atomic E-state index is -0.650. The molecule has 0 spiro atoms. The van der Waals surface area contributed by atoms with Gasteiger partial charge in [-0.3, -0.25) is 4.79 Å². The van der Waals surface area contributed by atoms with E-state index in [2.05, 4.69) is 43.1 Å². The molecule has 0 radical (unpaired) electrons. The molecule has 5 nitrogen and oxygen atoms in total. The largest absolute Gasteiger partial charge is 0.368 e. The molecule has 21 heavy (non-hydrogen) atoms. The first-order valence-electron chi connectivity index (χ1n) is 8.08. The van der Waals surface area contributed by atoms with Crippen LogP contribution < -0.4 is 11.1 Å². The van der Waals surface area contributed by atoms with Gasteiger partial charge in [-0.2, -0.15) is 0 Å². The molecule has 0 aliphatic heterocycles. The second-order valence-corrected chi connectivity index (χ2v) is 6.83. The summed E-state index contributed by atoms with van der Waals surface area (Å²) in [7, 11) is 4.19. The van der Waals surface area contributed by atoms with E-state index >= 15 is 0 Å². The van der Waals surface area contributed by atoms with Crippen molar-refractivity contribution in [1.29, 1.82) is 0 Å². The number of amides is 1. The highest BCUT2D eigenvalue weighted by Gasteiger charge is 2.34. The van der Waals surface area contributed by atoms with Crippen molar-refractivity contribution < 1.29 is 4.79 Å². The number of hydrogen-bond acceptors (Lipinski definition) is 4. The Balaban J connectivity index is 4.63. The van der Waals surface area contributed by atoms with E-state index in [1.807, 2.05) is 20.8 Å². The van der Waals surface area contributed by atoms with Crippen LogP contribution in [0.25, 0.3) is 0 Å². The fraction of sp³-hybridized carbons (Fsp3) is 0.938. The number of carbonyl (C=O) groups is 1. The van der Waals surface area contributed by atoms with E-state index in [1.54, 1.807) is 0 Å². The summed E-state index contributed by atoms with van der Waals surface area (Å²) in [4.78, 5) is 16.5. The van der Waals surface area contributed by atoms with Crippen LogP contribution in [0.1, 0.15) is 47.5 Å². The summed E-state index contributed by atoms with van der Waals surface area (Å²) in [5.41, 5.74) is 4.97. The van der Waals surface area contributed by atoms with Crippen molar-refractivity contribution in [2.24, 2.45) is 5.73 Å². The second kappa shape index (κ2) is 9.38. The molecule has 0 aromatic heterocycles. The molecule has 0 aromatic carbocycles. The Kier molecular flexibility index (Phi) is 9.09. The molecular formula is C16H36N4O. The zero-order chi connectivity index (χ0) is 16.6. The lowest BCUT2D eigenvalue weighted by Crippen LogP contribution is -2.58. The summed E-state index contributed by atoms with van der Waals surface area (Å²) in [5.74, 6) is -0.271. The van der Waals surface area contributed by atoms with E-state index < -0.39 is 5.54 Å². The van der Waals surface area contributed by atoms with Gasteiger partial charge in [0.05, 0.1) is 5.54 Å². The van der Waals surface area contributed by atoms with Crippen LogP contribution in [0.15, 0.2) is 0 Å². The lowest BCUT2D eigenvalue weighted by atomic mass is 9.91. The molecule has 5 heteroatoms. The quantitative estimate of drug-likeness (QED) is 0.603. The van der Waals surface area contributed by atoms with E-state index in [-0.39, 0.29) is 11.9 Å². The van der Waals surface area contributed by atoms with Crippen LogP contribution in [0.3, 0.4) is 0 Å². The van der Waals surface area contributed by atoms with Crippen LogP contribution in [0.4, 0.5) is 0 Å². The maximum atomic E-state index is 11.8. The van der Waals surface area contributed by atoms with Gasteiger partial charge in [0, 0.05) is 12.1 Å². The van der Waals surface area contributed by atoms with Crippen molar-refractivity contribution in [2.75, 3.05) is 33.7 Å². The predicted octanol–water partition coefficient (Wildman–Crippen LogP) is 1.28. The summed E-state index contributed by atoms with van der Waals surface area (Å²) in [6, 6.07) is 0.555. The molecule has 0 bridgehead atoms. The van der Waals surface area contributed by atoms with Gasteiger partial charge in [0.1, 0.15) is 0 Å². The van der Waals surface area contributed by atoms with Crippen LogP contribution in [-0.4, -0.2) is 67.1 Å². The highest BCUT2D eigenvalue weighted by molar-refractivity contribution is 5.84. The van der Waals surface area contributed by atoms with Crippen LogP contribution in [0.2, 0.25) is 0 Å². The van der Waals surface area contributed by atoms with Crippen molar-refractivity contribution in [3.8, 4) is 0 Å². The number of nitrogens with one attached hydrogen (secondary N) is 1. The Labute approximate surface area is 131 Å². The van der Waals surface area contributed by atoms with Gasteiger partial charge in [-0.05, 0) is 74.3 Å². The average molecular weight is 300 g/mol. The first-order chi connectivity index (χ1) is 9.62. The van der Waals surface area contributed by atoms with Gasteiger partial charge in [-0.25, -0.2) is 0 Å². The second-order valence-electron chi connectivity index (χ2n) is 6.83. The summed E-state index contributed by atoms with van der Waals surface area (Å²) < 4.78 is 0. The first kappa shape index (κ1) is 20.3. The van der Waals surface area contributed by atoms with E-state index in [4.69, 9.17) is 5.73 Å². The molecule has 1 amide bonds. The molecule has 0 heterocycles. The van der Waals surface area contributed by atoms with E-state index in [1.165, 1.54) is 0 Å². The van der Waals surface area contributed by atoms with Crippen LogP contribution in [0, 0.1) is 0 Å². The molecule has 126 valence electrons. The first-order valence-corrected chi connectivity index (χ1v) is 8.08. The van der Waals surface area contributed by atoms with Crippen molar-refractivity contribution in [1.82, 2.24) is 15.1 Å². The van der Waals surface area contributed by atoms with Crippen molar-refractivity contribution in [2.45, 2.75) is 65.1 Å². The van der Waals surface area contributed by atoms with Gasteiger partial charge in [0.2, 0.25) is 5.91 Å². The standard InChI is InChI=1S/C16H36N4O/c1-8-20(11-9-10-19(6)7)14(4)12-16(5,15(17)21)18-13(2)3/h13-14,18H,8-12H2,1-7H3,(H2,17,21). The van der Waals surface area contributed by atoms with Crippen LogP contribution >= 0.6 is 0 Å². The highest BCUT2D eigenvalue weighted by atomic mass is 16.1. The minimum absolute atomic E-state index is 0.235. The Morgan fingerprint density at radius 3 is 2.19 bits per heavy atom. The average Bonchev–Trinajstić information content (AvgIpc) is 2.32. The van der Waals surface area contributed by atoms with Crippen LogP contribution in [0.5, 0.6) is 0 Å². The zero-order valence-corrected chi connectivity index (χ0v) is 15.1. The monoisotopic (exact) mass is 300 g/mol. The Morgan fingerprint density at radius 2 is 1.81 bits per heavy atom. The molecule has 0 aliphatic rings. The lowest BCUT2D eigenvalue weighted by Gasteiger charge is -2.36. The van der Waals surface area contributed by atoms with Crippen LogP contribution in [-0.2, 0) is 4.79 Å². The maximum absolute atomic E-state index is 11.8. The smallest absolute Gasteiger partial charge is 0.237 e. The van der Waals surface area contributed by atoms with Crippen molar-refractivity contribution in [3.63, 3.8) is 0 Å². The maximum Gasteiger partial charge on any atom is 0.237 e. The minimum Gasteiger partial charge on any atom is -0.368 e. The number of primary amides is 1. The molecule has 0 fully saturated rings. The summed E-state index contributed by atoms with van der Waals surface area (Å²) in [5, 5.41) is 3.33. The summed E-state index contributed by atoms with van der Waals surface area (Å²) >= 11 is 0. The van der Waals surface area contributed by atoms with Gasteiger partial charge >= 0.3 is 0 Å². The Hall–Kier alpha value is -0.650. The predicted molar refractivity (Wildman–Crippen MR) is 90.4 cm³/mol. The molecule has 2 unspecified atom stereocenters. The highest BCUT2D eigenvalue weighted by Crippen LogP contribution is 2.17. The topological polar surface area (TPSA) is 61.6 Å². The van der Waals surface area contributed by atoms with E-state index in [0.29, 0.717) is 6.04 Å². The summed E-state index contributed by atoms with van der Waals surface area (Å²) in [6.45, 7) is 13.5. The zero-order valence-electron chi connectivity index (χ0n) is 15.1. The molecule has 0 saturated heterocycles.